The molecule has 25 nitrogen and oxygen atoms in total. The molecule has 394 valence electrons. The average Bonchev–Trinajstić information content (AvgIpc) is 3.27. The summed E-state index contributed by atoms with van der Waals surface area (Å²) in [7, 11) is -0.854. The predicted molar refractivity (Wildman–Crippen MR) is 264 cm³/mol. The lowest BCUT2D eigenvalue weighted by molar-refractivity contribution is -0.140. The summed E-state index contributed by atoms with van der Waals surface area (Å²) in [5, 5.41) is 49.0. The topological polar surface area (TPSA) is 358 Å². The van der Waals surface area contributed by atoms with Gasteiger partial charge in [-0.25, -0.2) is 0 Å². The third kappa shape index (κ3) is 38.1. The number of ether oxygens (including phenoxy) is 1. The first kappa shape index (κ1) is 65.7. The Morgan fingerprint density at radius 1 is 0.812 bits per heavy atom. The number of anilines is 1. The van der Waals surface area contributed by atoms with Crippen molar-refractivity contribution in [1.82, 2.24) is 35.2 Å². The summed E-state index contributed by atoms with van der Waals surface area (Å²) in [6.45, 7) is 20.0. The van der Waals surface area contributed by atoms with Crippen LogP contribution in [-0.2, 0) is 42.8 Å². The van der Waals surface area contributed by atoms with Gasteiger partial charge < -0.3 is 62.0 Å². The molecule has 1 fully saturated rings. The monoisotopic (exact) mass is 1000 g/mol. The van der Waals surface area contributed by atoms with Crippen LogP contribution in [0, 0.1) is 0 Å². The van der Waals surface area contributed by atoms with Crippen LogP contribution in [0.4, 0.5) is 5.69 Å². The molecule has 1 aromatic rings. The minimum Gasteiger partial charge on any atom is -0.483 e. The van der Waals surface area contributed by atoms with Crippen LogP contribution in [0.15, 0.2) is 28.5 Å². The molecule has 0 radical (unpaired) electrons. The molecule has 0 aromatic carbocycles. The van der Waals surface area contributed by atoms with Crippen LogP contribution in [0.1, 0.15) is 79.8 Å². The first-order valence-electron chi connectivity index (χ1n) is 22.6. The van der Waals surface area contributed by atoms with Crippen molar-refractivity contribution in [3.8, 4) is 0 Å². The van der Waals surface area contributed by atoms with E-state index in [9.17, 15) is 34.2 Å². The van der Waals surface area contributed by atoms with Gasteiger partial charge in [-0.05, 0) is 65.1 Å². The van der Waals surface area contributed by atoms with Gasteiger partial charge in [-0.3, -0.25) is 53.2 Å². The van der Waals surface area contributed by atoms with E-state index in [-0.39, 0.29) is 75.1 Å². The van der Waals surface area contributed by atoms with Gasteiger partial charge in [0, 0.05) is 86.8 Å². The van der Waals surface area contributed by atoms with E-state index in [0.29, 0.717) is 89.7 Å². The van der Waals surface area contributed by atoms with Gasteiger partial charge in [0.05, 0.1) is 43.7 Å². The fourth-order valence-electron chi connectivity index (χ4n) is 5.84. The number of hydrogen-bond acceptors (Lipinski definition) is 16. The average molecular weight is 1000 g/mol. The standard InChI is InChI=1S/C38H67N12O9P.C2H4O2.C2H6.CH2O2/c1-6-47-14-16-48(18-19-50(27-36(56)57)21-20-49(17-15-47)26-35(54)55)25-34(53)43-28-59-60(5)23-12-38(3,4)58-22-13-41-32(51)8-7-9-33(52)44-30-10-11-31(42-24-30)37(40)46-45-29(2)39;1-2(3)4;1-2;2-1-3/h10-11,24H,6-9,12-23,25-28H2,1-5H3,(H2,39,45)(H2,40,46)(H,41,51)(H,43,53)(H,44,52)(H,54,55)(H,56,57);1H3,(H,3,4);1-2H3;1H,(H,2,3). The Balaban J connectivity index is 0. The molecule has 0 spiro atoms. The Morgan fingerprint density at radius 3 is 1.77 bits per heavy atom. The number of carboxylic acid groups (broad SMARTS) is 4. The highest BCUT2D eigenvalue weighted by Crippen LogP contribution is 2.34. The number of nitrogens with two attached hydrogens (primary N) is 2. The molecule has 1 saturated heterocycles. The molecule has 11 N–H and O–H groups in total. The van der Waals surface area contributed by atoms with Gasteiger partial charge in [0.15, 0.2) is 5.84 Å². The number of amidine groups is 2. The molecule has 1 aliphatic rings. The van der Waals surface area contributed by atoms with Crippen LogP contribution >= 0.6 is 8.15 Å². The van der Waals surface area contributed by atoms with Crippen molar-refractivity contribution in [2.24, 2.45) is 21.7 Å². The number of amides is 3. The molecule has 26 heteroatoms. The van der Waals surface area contributed by atoms with E-state index in [1.807, 2.05) is 51.1 Å². The van der Waals surface area contributed by atoms with Crippen LogP contribution in [0.3, 0.4) is 0 Å². The van der Waals surface area contributed by atoms with Gasteiger partial charge in [-0.1, -0.05) is 20.8 Å². The SMILES string of the molecule is CC.CC(=O)O.CCN1CCN(CC(=O)O)CCN(CC(=O)O)CCN(CC(=O)NCOP(C)CCC(C)(C)OCCNC(=O)CCCC(=O)Nc2ccc(/C(N)=N/N=C(/C)N)nc2)CC1.O=CO. The Bertz CT molecular complexity index is 1720. The summed E-state index contributed by atoms with van der Waals surface area (Å²) in [6, 6.07) is 3.24. The number of nitrogens with one attached hydrogen (secondary N) is 3. The van der Waals surface area contributed by atoms with Crippen LogP contribution in [-0.4, -0.2) is 216 Å². The second kappa shape index (κ2) is 39.4. The number of hydrogen-bond donors (Lipinski definition) is 9. The lowest BCUT2D eigenvalue weighted by Crippen LogP contribution is -2.49. The maximum absolute atomic E-state index is 13.0. The number of carboxylic acids is 3. The predicted octanol–water partition coefficient (Wildman–Crippen LogP) is 0.835. The summed E-state index contributed by atoms with van der Waals surface area (Å²) in [5.74, 6) is -2.99. The van der Waals surface area contributed by atoms with Crippen LogP contribution in [0.5, 0.6) is 0 Å². The molecule has 0 bridgehead atoms. The molecule has 1 atom stereocenters. The quantitative estimate of drug-likeness (QED) is 0.0132. The Morgan fingerprint density at radius 2 is 1.30 bits per heavy atom. The van der Waals surface area contributed by atoms with E-state index in [1.165, 1.54) is 6.20 Å². The van der Waals surface area contributed by atoms with E-state index in [4.69, 9.17) is 40.5 Å². The maximum Gasteiger partial charge on any atom is 0.317 e. The maximum atomic E-state index is 13.0. The van der Waals surface area contributed by atoms with Crippen molar-refractivity contribution < 1.29 is 63.2 Å². The van der Waals surface area contributed by atoms with E-state index >= 15 is 0 Å². The fourth-order valence-corrected chi connectivity index (χ4v) is 7.11. The molecule has 0 aliphatic carbocycles. The number of aromatic nitrogens is 1. The normalized spacial score (nSPS) is 15.1. The molecule has 2 rings (SSSR count). The number of pyridine rings is 1. The van der Waals surface area contributed by atoms with Gasteiger partial charge in [0.2, 0.25) is 17.7 Å². The molecule has 3 amide bonds. The van der Waals surface area contributed by atoms with Gasteiger partial charge in [0.1, 0.15) is 18.3 Å². The third-order valence-corrected chi connectivity index (χ3v) is 10.8. The van der Waals surface area contributed by atoms with Crippen molar-refractivity contribution in [1.29, 1.82) is 0 Å². The van der Waals surface area contributed by atoms with E-state index < -0.39 is 31.7 Å². The molecule has 1 aromatic heterocycles. The lowest BCUT2D eigenvalue weighted by Gasteiger charge is -2.33. The first-order chi connectivity index (χ1) is 32.6. The summed E-state index contributed by atoms with van der Waals surface area (Å²) in [6.07, 6.45) is 3.61. The highest BCUT2D eigenvalue weighted by molar-refractivity contribution is 7.51. The van der Waals surface area contributed by atoms with Crippen molar-refractivity contribution in [2.75, 3.05) is 117 Å². The third-order valence-electron chi connectivity index (χ3n) is 9.39. The summed E-state index contributed by atoms with van der Waals surface area (Å²) >= 11 is 0. The Hall–Kier alpha value is -5.43. The molecular formula is C43H79N12O13P. The van der Waals surface area contributed by atoms with Crippen LogP contribution < -0.4 is 27.4 Å². The number of aliphatic carboxylic acids is 3. The zero-order chi connectivity index (χ0) is 52.8. The fraction of sp³-hybridized carbons (Fsp3) is 0.674. The van der Waals surface area contributed by atoms with Crippen molar-refractivity contribution in [2.45, 2.75) is 79.8 Å². The van der Waals surface area contributed by atoms with Crippen LogP contribution in [0.2, 0.25) is 0 Å². The van der Waals surface area contributed by atoms with Crippen molar-refractivity contribution in [3.63, 3.8) is 0 Å². The second-order valence-electron chi connectivity index (χ2n) is 15.7. The van der Waals surface area contributed by atoms with Gasteiger partial charge in [-0.15, -0.1) is 10.2 Å². The molecule has 2 heterocycles. The number of carbonyl (C=O) groups excluding carboxylic acids is 3. The van der Waals surface area contributed by atoms with E-state index in [0.717, 1.165) is 19.6 Å². The highest BCUT2D eigenvalue weighted by Gasteiger charge is 2.22. The van der Waals surface area contributed by atoms with E-state index in [1.54, 1.807) is 24.0 Å². The van der Waals surface area contributed by atoms with Crippen molar-refractivity contribution >= 4 is 67.6 Å². The summed E-state index contributed by atoms with van der Waals surface area (Å²) in [4.78, 5) is 89.9. The zero-order valence-corrected chi connectivity index (χ0v) is 42.5. The van der Waals surface area contributed by atoms with E-state index in [2.05, 4.69) is 36.0 Å². The van der Waals surface area contributed by atoms with Gasteiger partial charge in [-0.2, -0.15) is 0 Å². The number of rotatable bonds is 24. The molecule has 1 aliphatic heterocycles. The number of likely N-dealkylation sites (N-methyl/N-ethyl adjacent to an activating group) is 1. The van der Waals surface area contributed by atoms with Crippen molar-refractivity contribution in [3.05, 3.63) is 24.0 Å². The minimum absolute atomic E-state index is 0.0666. The second-order valence-corrected chi connectivity index (χ2v) is 17.6. The summed E-state index contributed by atoms with van der Waals surface area (Å²) in [5.41, 5.74) is 11.7. The smallest absolute Gasteiger partial charge is 0.317 e. The molecule has 0 saturated carbocycles. The number of carbonyl (C=O) groups is 7. The Kier molecular flexibility index (Phi) is 37.5. The first-order valence-corrected chi connectivity index (χ1v) is 24.5. The highest BCUT2D eigenvalue weighted by atomic mass is 31.1. The Labute approximate surface area is 407 Å². The largest absolute Gasteiger partial charge is 0.483 e. The lowest BCUT2D eigenvalue weighted by atomic mass is 10.1. The van der Waals surface area contributed by atoms with Gasteiger partial charge >= 0.3 is 11.9 Å². The minimum atomic E-state index is -0.962. The van der Waals surface area contributed by atoms with Crippen LogP contribution in [0.25, 0.3) is 0 Å². The zero-order valence-electron chi connectivity index (χ0n) is 41.6. The summed E-state index contributed by atoms with van der Waals surface area (Å²) < 4.78 is 12.0. The molecule has 1 unspecified atom stereocenters. The molecular weight excluding hydrogens is 924 g/mol. The number of nitrogens with zero attached hydrogens (tertiary/aromatic N) is 7. The molecule has 69 heavy (non-hydrogen) atoms. The van der Waals surface area contributed by atoms with Gasteiger partial charge in [0.25, 0.3) is 12.4 Å².